The van der Waals surface area contributed by atoms with Crippen LogP contribution in [0.2, 0.25) is 0 Å². The molecule has 0 aromatic heterocycles. The van der Waals surface area contributed by atoms with Gasteiger partial charge in [0.2, 0.25) is 0 Å². The van der Waals surface area contributed by atoms with Crippen molar-refractivity contribution in [3.05, 3.63) is 82.4 Å². The molecule has 0 radical (unpaired) electrons. The van der Waals surface area contributed by atoms with E-state index in [9.17, 15) is 19.2 Å². The number of esters is 3. The van der Waals surface area contributed by atoms with E-state index in [4.69, 9.17) is 46.9 Å². The van der Waals surface area contributed by atoms with Crippen molar-refractivity contribution >= 4 is 58.5 Å². The normalized spacial score (nSPS) is 21.4. The second-order valence-electron chi connectivity index (χ2n) is 11.8. The maximum absolute atomic E-state index is 12.7. The number of carbonyl (C=O) groups is 4. The van der Waals surface area contributed by atoms with Gasteiger partial charge in [0.05, 0.1) is 5.34 Å². The lowest BCUT2D eigenvalue weighted by atomic mass is 9.92. The molecule has 12 heteroatoms. The van der Waals surface area contributed by atoms with Crippen LogP contribution < -0.4 is 5.32 Å². The topological polar surface area (TPSA) is 126 Å². The Morgan fingerprint density at radius 2 is 1.59 bits per heavy atom. The van der Waals surface area contributed by atoms with E-state index in [2.05, 4.69) is 36.5 Å². The summed E-state index contributed by atoms with van der Waals surface area (Å²) in [5.74, 6) is -2.68. The monoisotopic (exact) mass is 717 g/mol. The third kappa shape index (κ3) is 12.7. The highest BCUT2D eigenvalue weighted by atomic mass is 35.5. The van der Waals surface area contributed by atoms with Gasteiger partial charge in [0.25, 0.3) is 0 Å². The zero-order valence-electron chi connectivity index (χ0n) is 28.5. The van der Waals surface area contributed by atoms with Gasteiger partial charge in [0.15, 0.2) is 18.2 Å². The third-order valence-corrected chi connectivity index (χ3v) is 8.03. The van der Waals surface area contributed by atoms with Crippen molar-refractivity contribution in [3.63, 3.8) is 0 Å². The molecule has 2 aliphatic rings. The standard InChI is InChI=1S/C36H43NO9.CH2Cl2/c1-22-18-29-8-6-7-9-32(29)31(22)16-17-37-19-28-12-10-27(11-13-28)14-15-30(41)20-43-36-23(2)34(44-25(4)39)35(45-26(5)40)33(46-36)21-42-24(3)38;2-1-3/h6-15,23,33-37H,16-21H2,1-5H3;1H2/b15-14+;/t23-,33-,34-,35+,36-;/m1./s1. The van der Waals surface area contributed by atoms with E-state index >= 15 is 0 Å². The van der Waals surface area contributed by atoms with Gasteiger partial charge in [-0.05, 0) is 60.2 Å². The van der Waals surface area contributed by atoms with E-state index in [0.29, 0.717) is 0 Å². The molecular formula is C37H45Cl2NO9. The highest BCUT2D eigenvalue weighted by Crippen LogP contribution is 2.34. The number of allylic oxidation sites excluding steroid dienone is 1. The fraction of sp³-hybridized carbons (Fsp3) is 0.459. The molecular weight excluding hydrogens is 673 g/mol. The quantitative estimate of drug-likeness (QED) is 0.0817. The Morgan fingerprint density at radius 1 is 0.939 bits per heavy atom. The Kier molecular flexibility index (Phi) is 16.5. The number of ketones is 1. The molecule has 0 unspecified atom stereocenters. The highest BCUT2D eigenvalue weighted by molar-refractivity contribution is 6.40. The average molecular weight is 719 g/mol. The van der Waals surface area contributed by atoms with Crippen LogP contribution in [0.1, 0.15) is 63.3 Å². The van der Waals surface area contributed by atoms with Crippen molar-refractivity contribution in [1.82, 2.24) is 5.32 Å². The number of ether oxygens (including phenoxy) is 5. The summed E-state index contributed by atoms with van der Waals surface area (Å²) < 4.78 is 27.6. The molecule has 1 heterocycles. The number of rotatable bonds is 14. The van der Waals surface area contributed by atoms with Crippen molar-refractivity contribution < 1.29 is 42.9 Å². The third-order valence-electron chi connectivity index (χ3n) is 8.03. The first-order valence-electron chi connectivity index (χ1n) is 16.1. The number of hydrogen-bond donors (Lipinski definition) is 1. The van der Waals surface area contributed by atoms with E-state index in [0.717, 1.165) is 37.1 Å². The van der Waals surface area contributed by atoms with Crippen LogP contribution in [-0.4, -0.2) is 73.4 Å². The summed E-state index contributed by atoms with van der Waals surface area (Å²) in [7, 11) is 0. The van der Waals surface area contributed by atoms with Crippen LogP contribution in [0.4, 0.5) is 0 Å². The van der Waals surface area contributed by atoms with Gasteiger partial charge in [-0.2, -0.15) is 0 Å². The SMILES string of the molecule is CC(=O)OC[C@H]1O[C@@H](OCC(=O)/C=C/c2ccc(CNCCC3=C(C)Cc4ccccc43)cc2)[C@H](C)[C@@H](OC(C)=O)[C@H]1OC(C)=O.ClCCl. The molecule has 0 spiro atoms. The molecule has 1 N–H and O–H groups in total. The van der Waals surface area contributed by atoms with Crippen LogP contribution in [0.3, 0.4) is 0 Å². The Labute approximate surface area is 298 Å². The van der Waals surface area contributed by atoms with Crippen LogP contribution >= 0.6 is 23.2 Å². The van der Waals surface area contributed by atoms with E-state index in [1.54, 1.807) is 13.0 Å². The molecule has 5 atom stereocenters. The first-order valence-corrected chi connectivity index (χ1v) is 17.1. The Hall–Kier alpha value is -3.54. The molecule has 0 saturated carbocycles. The molecule has 0 bridgehead atoms. The summed E-state index contributed by atoms with van der Waals surface area (Å²) in [6.07, 6.45) is 1.22. The van der Waals surface area contributed by atoms with Gasteiger partial charge in [-0.25, -0.2) is 0 Å². The molecule has 1 aliphatic carbocycles. The Bertz CT molecular complexity index is 1490. The van der Waals surface area contributed by atoms with E-state index in [1.807, 2.05) is 24.3 Å². The summed E-state index contributed by atoms with van der Waals surface area (Å²) in [5.41, 5.74) is 7.68. The fourth-order valence-electron chi connectivity index (χ4n) is 5.80. The molecule has 2 aromatic rings. The van der Waals surface area contributed by atoms with Gasteiger partial charge in [-0.3, -0.25) is 19.2 Å². The summed E-state index contributed by atoms with van der Waals surface area (Å²) in [5, 5.41) is 3.73. The first-order chi connectivity index (χ1) is 23.4. The van der Waals surface area contributed by atoms with E-state index < -0.39 is 48.4 Å². The molecule has 266 valence electrons. The van der Waals surface area contributed by atoms with Gasteiger partial charge in [-0.15, -0.1) is 23.2 Å². The number of benzene rings is 2. The van der Waals surface area contributed by atoms with Crippen molar-refractivity contribution in [1.29, 1.82) is 0 Å². The molecule has 10 nitrogen and oxygen atoms in total. The summed E-state index contributed by atoms with van der Waals surface area (Å²) in [6, 6.07) is 16.6. The average Bonchev–Trinajstić information content (AvgIpc) is 3.37. The Morgan fingerprint density at radius 3 is 2.24 bits per heavy atom. The minimum Gasteiger partial charge on any atom is -0.463 e. The van der Waals surface area contributed by atoms with Gasteiger partial charge in [0, 0.05) is 33.2 Å². The maximum atomic E-state index is 12.7. The van der Waals surface area contributed by atoms with Crippen molar-refractivity contribution in [2.24, 2.45) is 5.92 Å². The number of alkyl halides is 2. The fourth-order valence-corrected chi connectivity index (χ4v) is 5.80. The van der Waals surface area contributed by atoms with Crippen LogP contribution in [-0.2, 0) is 55.8 Å². The minimum atomic E-state index is -1.03. The largest absolute Gasteiger partial charge is 0.463 e. The van der Waals surface area contributed by atoms with Crippen molar-refractivity contribution in [2.75, 3.05) is 25.1 Å². The van der Waals surface area contributed by atoms with E-state index in [1.165, 1.54) is 49.1 Å². The molecule has 0 amide bonds. The summed E-state index contributed by atoms with van der Waals surface area (Å²) in [6.45, 7) is 8.66. The zero-order chi connectivity index (χ0) is 35.9. The number of carbonyl (C=O) groups excluding carboxylic acids is 4. The highest BCUT2D eigenvalue weighted by Gasteiger charge is 2.49. The number of nitrogens with one attached hydrogen (secondary N) is 1. The van der Waals surface area contributed by atoms with Gasteiger partial charge >= 0.3 is 17.9 Å². The van der Waals surface area contributed by atoms with Crippen LogP contribution in [0.5, 0.6) is 0 Å². The molecule has 2 aromatic carbocycles. The lowest BCUT2D eigenvalue weighted by Gasteiger charge is -2.43. The van der Waals surface area contributed by atoms with Crippen LogP contribution in [0.15, 0.2) is 60.2 Å². The second kappa shape index (κ2) is 20.2. The lowest BCUT2D eigenvalue weighted by Crippen LogP contribution is -2.58. The lowest BCUT2D eigenvalue weighted by molar-refractivity contribution is -0.286. The minimum absolute atomic E-state index is 0.194. The van der Waals surface area contributed by atoms with Gasteiger partial charge in [-0.1, -0.05) is 67.1 Å². The number of hydrogen-bond acceptors (Lipinski definition) is 10. The molecule has 1 saturated heterocycles. The van der Waals surface area contributed by atoms with Crippen molar-refractivity contribution in [2.45, 2.75) is 78.6 Å². The predicted octanol–water partition coefficient (Wildman–Crippen LogP) is 6.00. The maximum Gasteiger partial charge on any atom is 0.303 e. The van der Waals surface area contributed by atoms with E-state index in [-0.39, 0.29) is 24.3 Å². The van der Waals surface area contributed by atoms with Crippen LogP contribution in [0.25, 0.3) is 11.6 Å². The predicted molar refractivity (Wildman–Crippen MR) is 188 cm³/mol. The van der Waals surface area contributed by atoms with Crippen molar-refractivity contribution in [3.8, 4) is 0 Å². The summed E-state index contributed by atoms with van der Waals surface area (Å²) in [4.78, 5) is 47.7. The van der Waals surface area contributed by atoms with Crippen LogP contribution in [0, 0.1) is 5.92 Å². The first kappa shape index (κ1) is 39.9. The molecule has 1 fully saturated rings. The van der Waals surface area contributed by atoms with Gasteiger partial charge < -0.3 is 29.0 Å². The molecule has 1 aliphatic heterocycles. The smallest absolute Gasteiger partial charge is 0.303 e. The Balaban J connectivity index is 0.00000209. The van der Waals surface area contributed by atoms with Gasteiger partial charge in [0.1, 0.15) is 25.4 Å². The number of fused-ring (bicyclic) bond motifs is 1. The molecule has 49 heavy (non-hydrogen) atoms. The number of halogens is 2. The zero-order valence-corrected chi connectivity index (χ0v) is 30.1. The summed E-state index contributed by atoms with van der Waals surface area (Å²) >= 11 is 9.53. The molecule has 4 rings (SSSR count). The second-order valence-corrected chi connectivity index (χ2v) is 12.6.